The van der Waals surface area contributed by atoms with E-state index in [9.17, 15) is 9.59 Å². The third-order valence-corrected chi connectivity index (χ3v) is 4.43. The van der Waals surface area contributed by atoms with Gasteiger partial charge < -0.3 is 14.8 Å². The van der Waals surface area contributed by atoms with Crippen molar-refractivity contribution >= 4 is 17.6 Å². The highest BCUT2D eigenvalue weighted by atomic mass is 16.6. The van der Waals surface area contributed by atoms with Gasteiger partial charge in [0, 0.05) is 5.69 Å². The largest absolute Gasteiger partial charge is 0.482 e. The molecule has 0 aliphatic rings. The van der Waals surface area contributed by atoms with Crippen LogP contribution in [0.3, 0.4) is 0 Å². The summed E-state index contributed by atoms with van der Waals surface area (Å²) in [5.74, 6) is -0.432. The third kappa shape index (κ3) is 5.69. The van der Waals surface area contributed by atoms with Crippen LogP contribution in [0.2, 0.25) is 0 Å². The Kier molecular flexibility index (Phi) is 6.63. The van der Waals surface area contributed by atoms with Crippen LogP contribution in [0.5, 0.6) is 5.75 Å². The van der Waals surface area contributed by atoms with Gasteiger partial charge in [-0.3, -0.25) is 4.79 Å². The third-order valence-electron chi connectivity index (χ3n) is 4.43. The molecule has 3 rings (SSSR count). The van der Waals surface area contributed by atoms with E-state index >= 15 is 0 Å². The smallest absolute Gasteiger partial charge is 0.344 e. The van der Waals surface area contributed by atoms with E-state index in [4.69, 9.17) is 9.47 Å². The van der Waals surface area contributed by atoms with Gasteiger partial charge in [-0.15, -0.1) is 0 Å². The second kappa shape index (κ2) is 9.55. The quantitative estimate of drug-likeness (QED) is 0.603. The van der Waals surface area contributed by atoms with Gasteiger partial charge in [0.2, 0.25) is 0 Å². The Labute approximate surface area is 170 Å². The molecule has 5 nitrogen and oxygen atoms in total. The number of benzene rings is 3. The van der Waals surface area contributed by atoms with Crippen LogP contribution in [0.1, 0.15) is 11.1 Å². The predicted octanol–water partition coefficient (Wildman–Crippen LogP) is 4.53. The van der Waals surface area contributed by atoms with E-state index in [1.807, 2.05) is 74.5 Å². The zero-order chi connectivity index (χ0) is 20.6. The van der Waals surface area contributed by atoms with E-state index in [-0.39, 0.29) is 19.1 Å². The fourth-order valence-electron chi connectivity index (χ4n) is 2.89. The molecule has 0 aliphatic carbocycles. The van der Waals surface area contributed by atoms with Crippen LogP contribution in [0.25, 0.3) is 11.1 Å². The summed E-state index contributed by atoms with van der Waals surface area (Å²) in [4.78, 5) is 23.9. The molecule has 29 heavy (non-hydrogen) atoms. The topological polar surface area (TPSA) is 64.6 Å². The van der Waals surface area contributed by atoms with Gasteiger partial charge in [0.15, 0.2) is 13.2 Å². The first-order valence-electron chi connectivity index (χ1n) is 9.33. The molecule has 1 amide bonds. The molecule has 0 aromatic heterocycles. The molecule has 0 atom stereocenters. The molecule has 0 aliphatic heterocycles. The average molecular weight is 389 g/mol. The summed E-state index contributed by atoms with van der Waals surface area (Å²) in [6.45, 7) is 3.20. The molecule has 0 unspecified atom stereocenters. The maximum absolute atomic E-state index is 12.0. The van der Waals surface area contributed by atoms with Gasteiger partial charge in [0.05, 0.1) is 0 Å². The van der Waals surface area contributed by atoms with Crippen LogP contribution in [-0.2, 0) is 14.3 Å². The van der Waals surface area contributed by atoms with Crippen LogP contribution in [-0.4, -0.2) is 25.1 Å². The minimum Gasteiger partial charge on any atom is -0.482 e. The Morgan fingerprint density at radius 2 is 1.38 bits per heavy atom. The molecule has 0 bridgehead atoms. The minimum atomic E-state index is -0.603. The van der Waals surface area contributed by atoms with Gasteiger partial charge in [0.25, 0.3) is 5.91 Å². The van der Waals surface area contributed by atoms with E-state index in [0.717, 1.165) is 27.9 Å². The summed E-state index contributed by atoms with van der Waals surface area (Å²) in [6, 6.07) is 23.1. The fourth-order valence-corrected chi connectivity index (χ4v) is 2.89. The van der Waals surface area contributed by atoms with Crippen molar-refractivity contribution in [3.63, 3.8) is 0 Å². The normalized spacial score (nSPS) is 10.3. The van der Waals surface area contributed by atoms with Crippen molar-refractivity contribution < 1.29 is 19.1 Å². The number of ether oxygens (including phenoxy) is 2. The summed E-state index contributed by atoms with van der Waals surface area (Å²) < 4.78 is 10.4. The second-order valence-electron chi connectivity index (χ2n) is 6.65. The van der Waals surface area contributed by atoms with Crippen molar-refractivity contribution in [2.45, 2.75) is 13.8 Å². The molecule has 1 N–H and O–H groups in total. The number of para-hydroxylation sites is 1. The molecule has 0 heterocycles. The fraction of sp³-hybridized carbons (Fsp3) is 0.167. The Balaban J connectivity index is 1.44. The summed E-state index contributed by atoms with van der Waals surface area (Å²) in [5.41, 5.74) is 4.80. The molecule has 0 fully saturated rings. The van der Waals surface area contributed by atoms with E-state index in [0.29, 0.717) is 5.75 Å². The Bertz CT molecular complexity index is 961. The van der Waals surface area contributed by atoms with Crippen LogP contribution in [0.15, 0.2) is 72.8 Å². The number of carbonyl (C=O) groups excluding carboxylic acids is 2. The molecule has 148 valence electrons. The summed E-state index contributed by atoms with van der Waals surface area (Å²) >= 11 is 0. The molecule has 3 aromatic rings. The van der Waals surface area contributed by atoms with E-state index in [1.165, 1.54) is 0 Å². The molecular formula is C24H23NO4. The number of nitrogens with one attached hydrogen (secondary N) is 1. The van der Waals surface area contributed by atoms with Gasteiger partial charge in [-0.05, 0) is 48.2 Å². The number of esters is 1. The molecule has 0 saturated heterocycles. The first kappa shape index (κ1) is 20.1. The number of carbonyl (C=O) groups is 2. The van der Waals surface area contributed by atoms with Crippen LogP contribution < -0.4 is 10.1 Å². The second-order valence-corrected chi connectivity index (χ2v) is 6.65. The highest BCUT2D eigenvalue weighted by molar-refractivity contribution is 5.94. The van der Waals surface area contributed by atoms with Gasteiger partial charge in [-0.2, -0.15) is 0 Å². The Morgan fingerprint density at radius 1 is 0.759 bits per heavy atom. The number of anilines is 1. The lowest BCUT2D eigenvalue weighted by Crippen LogP contribution is -2.24. The standard InChI is InChI=1S/C24H23NO4/c1-17-7-6-8-18(2)24(17)25-22(26)15-29-23(27)16-28-21-13-11-20(12-14-21)19-9-4-3-5-10-19/h3-14H,15-16H2,1-2H3,(H,25,26). The van der Waals surface area contributed by atoms with Crippen molar-refractivity contribution in [2.24, 2.45) is 0 Å². The zero-order valence-corrected chi connectivity index (χ0v) is 16.5. The number of hydrogen-bond acceptors (Lipinski definition) is 4. The summed E-state index contributed by atoms with van der Waals surface area (Å²) in [6.07, 6.45) is 0. The lowest BCUT2D eigenvalue weighted by molar-refractivity contribution is -0.149. The van der Waals surface area contributed by atoms with Gasteiger partial charge in [-0.1, -0.05) is 60.7 Å². The lowest BCUT2D eigenvalue weighted by atomic mass is 10.1. The monoisotopic (exact) mass is 389 g/mol. The number of amides is 1. The van der Waals surface area contributed by atoms with Gasteiger partial charge in [-0.25, -0.2) is 4.79 Å². The van der Waals surface area contributed by atoms with Crippen molar-refractivity contribution in [3.8, 4) is 16.9 Å². The van der Waals surface area contributed by atoms with Crippen molar-refractivity contribution in [1.82, 2.24) is 0 Å². The molecule has 5 heteroatoms. The van der Waals surface area contributed by atoms with E-state index < -0.39 is 5.97 Å². The summed E-state index contributed by atoms with van der Waals surface area (Å²) in [5, 5.41) is 2.77. The highest BCUT2D eigenvalue weighted by Gasteiger charge is 2.11. The van der Waals surface area contributed by atoms with E-state index in [1.54, 1.807) is 12.1 Å². The van der Waals surface area contributed by atoms with Crippen LogP contribution in [0, 0.1) is 13.8 Å². The Morgan fingerprint density at radius 3 is 2.03 bits per heavy atom. The first-order chi connectivity index (χ1) is 14.0. The number of aryl methyl sites for hydroxylation is 2. The number of rotatable bonds is 7. The SMILES string of the molecule is Cc1cccc(C)c1NC(=O)COC(=O)COc1ccc(-c2ccccc2)cc1. The number of hydrogen-bond donors (Lipinski definition) is 1. The molecule has 0 spiro atoms. The Hall–Kier alpha value is -3.60. The van der Waals surface area contributed by atoms with Gasteiger partial charge >= 0.3 is 5.97 Å². The van der Waals surface area contributed by atoms with Crippen LogP contribution >= 0.6 is 0 Å². The zero-order valence-electron chi connectivity index (χ0n) is 16.5. The van der Waals surface area contributed by atoms with Gasteiger partial charge in [0.1, 0.15) is 5.75 Å². The summed E-state index contributed by atoms with van der Waals surface area (Å²) in [7, 11) is 0. The lowest BCUT2D eigenvalue weighted by Gasteiger charge is -2.12. The molecule has 0 radical (unpaired) electrons. The van der Waals surface area contributed by atoms with Crippen molar-refractivity contribution in [1.29, 1.82) is 0 Å². The highest BCUT2D eigenvalue weighted by Crippen LogP contribution is 2.22. The van der Waals surface area contributed by atoms with Crippen molar-refractivity contribution in [2.75, 3.05) is 18.5 Å². The van der Waals surface area contributed by atoms with Crippen LogP contribution in [0.4, 0.5) is 5.69 Å². The minimum absolute atomic E-state index is 0.263. The predicted molar refractivity (Wildman–Crippen MR) is 113 cm³/mol. The maximum Gasteiger partial charge on any atom is 0.344 e. The molecule has 0 saturated carbocycles. The molecule has 3 aromatic carbocycles. The van der Waals surface area contributed by atoms with E-state index in [2.05, 4.69) is 5.32 Å². The van der Waals surface area contributed by atoms with Crippen molar-refractivity contribution in [3.05, 3.63) is 83.9 Å². The average Bonchev–Trinajstić information content (AvgIpc) is 2.74. The maximum atomic E-state index is 12.0. The first-order valence-corrected chi connectivity index (χ1v) is 9.33. The molecular weight excluding hydrogens is 366 g/mol.